The van der Waals surface area contributed by atoms with Crippen LogP contribution in [0.4, 0.5) is 0 Å². The first-order chi connectivity index (χ1) is 7.27. The Kier molecular flexibility index (Phi) is 2.88. The van der Waals surface area contributed by atoms with E-state index in [1.165, 1.54) is 0 Å². The Morgan fingerprint density at radius 1 is 1.67 bits per heavy atom. The number of nitrogens with zero attached hydrogens (tertiary/aromatic N) is 3. The zero-order chi connectivity index (χ0) is 10.7. The fourth-order valence-corrected chi connectivity index (χ4v) is 1.40. The van der Waals surface area contributed by atoms with Crippen LogP contribution in [0.25, 0.3) is 0 Å². The van der Waals surface area contributed by atoms with Crippen molar-refractivity contribution < 1.29 is 9.53 Å². The van der Waals surface area contributed by atoms with Crippen LogP contribution >= 0.6 is 0 Å². The lowest BCUT2D eigenvalue weighted by Gasteiger charge is -2.11. The van der Waals surface area contributed by atoms with E-state index in [4.69, 9.17) is 10.5 Å². The van der Waals surface area contributed by atoms with Crippen molar-refractivity contribution in [2.45, 2.75) is 12.6 Å². The first-order valence-electron chi connectivity index (χ1n) is 4.60. The molecule has 82 valence electrons. The van der Waals surface area contributed by atoms with E-state index in [1.807, 2.05) is 0 Å². The molecule has 2 atom stereocenters. The second-order valence-electron chi connectivity index (χ2n) is 3.35. The molecule has 8 heteroatoms. The number of carbonyl (C=O) groups is 1. The van der Waals surface area contributed by atoms with Crippen LogP contribution in [-0.2, 0) is 16.1 Å². The quantitative estimate of drug-likeness (QED) is 0.522. The zero-order valence-corrected chi connectivity index (χ0v) is 8.01. The highest BCUT2D eigenvalue weighted by atomic mass is 16.5. The summed E-state index contributed by atoms with van der Waals surface area (Å²) in [7, 11) is 0. The summed E-state index contributed by atoms with van der Waals surface area (Å²) in [6.45, 7) is 1.05. The van der Waals surface area contributed by atoms with Crippen LogP contribution in [0.3, 0.4) is 0 Å². The standard InChI is InChI=1S/C7H12N6O2/c8-5-3-15-2-4(5)7(14)9-1-6-10-12-13-11-6/h4-5H,1-3,8H2,(H,9,14)(H,10,11,12,13). The third-order valence-electron chi connectivity index (χ3n) is 2.27. The molecule has 0 spiro atoms. The minimum Gasteiger partial charge on any atom is -0.379 e. The van der Waals surface area contributed by atoms with Gasteiger partial charge in [-0.05, 0) is 0 Å². The van der Waals surface area contributed by atoms with Gasteiger partial charge in [0.15, 0.2) is 5.82 Å². The van der Waals surface area contributed by atoms with Crippen molar-refractivity contribution in [1.29, 1.82) is 0 Å². The fraction of sp³-hybridized carbons (Fsp3) is 0.714. The molecule has 1 aliphatic rings. The van der Waals surface area contributed by atoms with E-state index in [-0.39, 0.29) is 24.4 Å². The summed E-state index contributed by atoms with van der Waals surface area (Å²) in [6, 6.07) is -0.227. The van der Waals surface area contributed by atoms with E-state index in [0.717, 1.165) is 0 Å². The van der Waals surface area contributed by atoms with Crippen molar-refractivity contribution in [3.05, 3.63) is 5.82 Å². The maximum Gasteiger partial charge on any atom is 0.227 e. The number of nitrogens with one attached hydrogen (secondary N) is 2. The Balaban J connectivity index is 1.82. The lowest BCUT2D eigenvalue weighted by molar-refractivity contribution is -0.125. The summed E-state index contributed by atoms with van der Waals surface area (Å²) in [5.74, 6) is 0.0255. The molecule has 2 unspecified atom stereocenters. The molecule has 1 aliphatic heterocycles. The molecule has 1 aromatic rings. The molecule has 2 heterocycles. The third kappa shape index (κ3) is 2.28. The molecule has 0 aliphatic carbocycles. The van der Waals surface area contributed by atoms with Gasteiger partial charge in [0.1, 0.15) is 0 Å². The number of hydrogen-bond acceptors (Lipinski definition) is 6. The topological polar surface area (TPSA) is 119 Å². The van der Waals surface area contributed by atoms with Crippen LogP contribution in [0, 0.1) is 5.92 Å². The van der Waals surface area contributed by atoms with Gasteiger partial charge in [-0.2, -0.15) is 5.21 Å². The molecular weight excluding hydrogens is 200 g/mol. The van der Waals surface area contributed by atoms with Crippen molar-refractivity contribution in [2.24, 2.45) is 11.7 Å². The van der Waals surface area contributed by atoms with Gasteiger partial charge in [-0.25, -0.2) is 0 Å². The predicted octanol–water partition coefficient (Wildman–Crippen LogP) is -2.21. The first-order valence-corrected chi connectivity index (χ1v) is 4.60. The molecule has 1 aromatic heterocycles. The van der Waals surface area contributed by atoms with Crippen LogP contribution < -0.4 is 11.1 Å². The third-order valence-corrected chi connectivity index (χ3v) is 2.27. The fourth-order valence-electron chi connectivity index (χ4n) is 1.40. The van der Waals surface area contributed by atoms with Gasteiger partial charge >= 0.3 is 0 Å². The summed E-state index contributed by atoms with van der Waals surface area (Å²) >= 11 is 0. The minimum atomic E-state index is -0.281. The number of aromatic amines is 1. The Bertz CT molecular complexity index is 326. The molecule has 15 heavy (non-hydrogen) atoms. The smallest absolute Gasteiger partial charge is 0.227 e. The van der Waals surface area contributed by atoms with E-state index in [2.05, 4.69) is 25.9 Å². The van der Waals surface area contributed by atoms with E-state index in [0.29, 0.717) is 19.0 Å². The summed E-state index contributed by atoms with van der Waals surface area (Å²) < 4.78 is 5.09. The van der Waals surface area contributed by atoms with Gasteiger partial charge < -0.3 is 15.8 Å². The average molecular weight is 212 g/mol. The molecule has 0 bridgehead atoms. The van der Waals surface area contributed by atoms with E-state index in [9.17, 15) is 4.79 Å². The molecular formula is C7H12N6O2. The second kappa shape index (κ2) is 4.32. The molecule has 2 rings (SSSR count). The number of nitrogens with two attached hydrogens (primary N) is 1. The molecule has 1 amide bonds. The number of carbonyl (C=O) groups excluding carboxylic acids is 1. The number of rotatable bonds is 3. The average Bonchev–Trinajstić information content (AvgIpc) is 2.84. The summed E-state index contributed by atoms with van der Waals surface area (Å²) in [5.41, 5.74) is 5.69. The van der Waals surface area contributed by atoms with Gasteiger partial charge in [0, 0.05) is 6.04 Å². The summed E-state index contributed by atoms with van der Waals surface area (Å²) in [5, 5.41) is 15.8. The molecule has 0 aromatic carbocycles. The highest BCUT2D eigenvalue weighted by molar-refractivity contribution is 5.79. The number of tetrazole rings is 1. The number of aromatic nitrogens is 4. The van der Waals surface area contributed by atoms with Gasteiger partial charge in [-0.1, -0.05) is 5.21 Å². The number of amides is 1. The number of hydrogen-bond donors (Lipinski definition) is 3. The van der Waals surface area contributed by atoms with Gasteiger partial charge in [0.2, 0.25) is 5.91 Å². The van der Waals surface area contributed by atoms with E-state index >= 15 is 0 Å². The van der Waals surface area contributed by atoms with Crippen molar-refractivity contribution >= 4 is 5.91 Å². The normalized spacial score (nSPS) is 25.4. The van der Waals surface area contributed by atoms with Gasteiger partial charge in [-0.3, -0.25) is 4.79 Å². The molecule has 4 N–H and O–H groups in total. The van der Waals surface area contributed by atoms with Gasteiger partial charge in [0.05, 0.1) is 25.7 Å². The largest absolute Gasteiger partial charge is 0.379 e. The van der Waals surface area contributed by atoms with Crippen LogP contribution in [0.15, 0.2) is 0 Å². The molecule has 1 saturated heterocycles. The highest BCUT2D eigenvalue weighted by Crippen LogP contribution is 2.11. The zero-order valence-electron chi connectivity index (χ0n) is 8.01. The van der Waals surface area contributed by atoms with Gasteiger partial charge in [0.25, 0.3) is 0 Å². The number of H-pyrrole nitrogens is 1. The van der Waals surface area contributed by atoms with Crippen LogP contribution in [-0.4, -0.2) is 45.8 Å². The monoisotopic (exact) mass is 212 g/mol. The Morgan fingerprint density at radius 2 is 2.53 bits per heavy atom. The minimum absolute atomic E-state index is 0.134. The summed E-state index contributed by atoms with van der Waals surface area (Å²) in [4.78, 5) is 11.6. The Hall–Kier alpha value is -1.54. The Labute approximate surface area is 85.6 Å². The highest BCUT2D eigenvalue weighted by Gasteiger charge is 2.31. The number of ether oxygens (including phenoxy) is 1. The predicted molar refractivity (Wildman–Crippen MR) is 48.3 cm³/mol. The molecule has 0 radical (unpaired) electrons. The van der Waals surface area contributed by atoms with Crippen LogP contribution in [0.1, 0.15) is 5.82 Å². The SMILES string of the molecule is NC1COCC1C(=O)NCc1nn[nH]n1. The Morgan fingerprint density at radius 3 is 3.13 bits per heavy atom. The van der Waals surface area contributed by atoms with Gasteiger partial charge in [-0.15, -0.1) is 10.2 Å². The lowest BCUT2D eigenvalue weighted by Crippen LogP contribution is -2.40. The van der Waals surface area contributed by atoms with E-state index in [1.54, 1.807) is 0 Å². The lowest BCUT2D eigenvalue weighted by atomic mass is 10.0. The molecule has 8 nitrogen and oxygen atoms in total. The van der Waals surface area contributed by atoms with Crippen molar-refractivity contribution in [3.63, 3.8) is 0 Å². The molecule has 0 saturated carbocycles. The van der Waals surface area contributed by atoms with Crippen LogP contribution in [0.2, 0.25) is 0 Å². The maximum atomic E-state index is 11.6. The molecule has 1 fully saturated rings. The second-order valence-corrected chi connectivity index (χ2v) is 3.35. The van der Waals surface area contributed by atoms with Crippen molar-refractivity contribution in [3.8, 4) is 0 Å². The van der Waals surface area contributed by atoms with Crippen LogP contribution in [0.5, 0.6) is 0 Å². The van der Waals surface area contributed by atoms with E-state index < -0.39 is 0 Å². The van der Waals surface area contributed by atoms with Crippen molar-refractivity contribution in [2.75, 3.05) is 13.2 Å². The van der Waals surface area contributed by atoms with Crippen molar-refractivity contribution in [1.82, 2.24) is 25.9 Å². The summed E-state index contributed by atoms with van der Waals surface area (Å²) in [6.07, 6.45) is 0. The maximum absolute atomic E-state index is 11.6. The first kappa shape index (κ1) is 9.99.